The molecule has 0 aliphatic carbocycles. The van der Waals surface area contributed by atoms with Gasteiger partial charge in [-0.2, -0.15) is 0 Å². The van der Waals surface area contributed by atoms with E-state index >= 15 is 0 Å². The molecule has 0 bridgehead atoms. The van der Waals surface area contributed by atoms with Crippen LogP contribution in [0.4, 0.5) is 0 Å². The van der Waals surface area contributed by atoms with Crippen LogP contribution in [0.3, 0.4) is 0 Å². The molecular formula is C54H52Cl2NiP4. The maximum Gasteiger partial charge on any atom is 2.00 e. The van der Waals surface area contributed by atoms with Gasteiger partial charge in [-0.05, 0) is 112 Å². The molecule has 0 heterocycles. The zero-order valence-corrected chi connectivity index (χ0v) is 40.3. The van der Waals surface area contributed by atoms with Gasteiger partial charge in [-0.3, -0.25) is 0 Å². The van der Waals surface area contributed by atoms with Crippen molar-refractivity contribution >= 4 is 74.1 Å². The first-order chi connectivity index (χ1) is 28.8. The molecule has 0 nitrogen and oxygen atoms in total. The van der Waals surface area contributed by atoms with E-state index in [-0.39, 0.29) is 73.0 Å². The van der Waals surface area contributed by atoms with E-state index in [0.717, 1.165) is 0 Å². The summed E-state index contributed by atoms with van der Waals surface area (Å²) < 4.78 is 0. The molecule has 0 atom stereocenters. The minimum absolute atomic E-state index is 0. The van der Waals surface area contributed by atoms with Crippen molar-refractivity contribution in [3.8, 4) is 0 Å². The quantitative estimate of drug-likeness (QED) is 0.0914. The van der Waals surface area contributed by atoms with E-state index < -0.39 is 0 Å². The first-order valence-electron chi connectivity index (χ1n) is 20.3. The van der Waals surface area contributed by atoms with E-state index in [4.69, 9.17) is 0 Å². The Bertz CT molecular complexity index is 1800. The minimum Gasteiger partial charge on any atom is -1.00 e. The smallest absolute Gasteiger partial charge is 1.00 e. The third-order valence-electron chi connectivity index (χ3n) is 10.1. The van der Waals surface area contributed by atoms with Crippen LogP contribution in [0, 0.1) is 0 Å². The second-order valence-corrected chi connectivity index (χ2v) is 23.3. The first-order valence-corrected chi connectivity index (χ1v) is 26.4. The van der Waals surface area contributed by atoms with Gasteiger partial charge in [-0.15, -0.1) is 0 Å². The fourth-order valence-electron chi connectivity index (χ4n) is 7.27. The van der Waals surface area contributed by atoms with Crippen LogP contribution >= 0.6 is 31.7 Å². The number of hydrogen-bond donors (Lipinski definition) is 0. The maximum absolute atomic E-state index is 2.30. The predicted molar refractivity (Wildman–Crippen MR) is 265 cm³/mol. The Balaban J connectivity index is 0.000000256. The molecule has 8 rings (SSSR count). The van der Waals surface area contributed by atoms with E-state index in [2.05, 4.69) is 243 Å². The van der Waals surface area contributed by atoms with Crippen molar-refractivity contribution in [2.24, 2.45) is 0 Å². The van der Waals surface area contributed by atoms with Crippen molar-refractivity contribution in [2.75, 3.05) is 24.6 Å². The molecule has 0 fully saturated rings. The molecule has 0 saturated carbocycles. The van der Waals surface area contributed by atoms with Crippen LogP contribution in [0.25, 0.3) is 0 Å². The molecule has 0 saturated heterocycles. The summed E-state index contributed by atoms with van der Waals surface area (Å²) in [4.78, 5) is 0. The van der Waals surface area contributed by atoms with Crippen molar-refractivity contribution in [3.63, 3.8) is 0 Å². The van der Waals surface area contributed by atoms with Gasteiger partial charge in [-0.25, -0.2) is 0 Å². The Hall–Kier alpha value is -3.45. The van der Waals surface area contributed by atoms with E-state index in [1.54, 1.807) is 0 Å². The van der Waals surface area contributed by atoms with Gasteiger partial charge in [0.2, 0.25) is 0 Å². The normalized spacial score (nSPS) is 10.6. The van der Waals surface area contributed by atoms with Gasteiger partial charge >= 0.3 is 16.5 Å². The molecule has 0 aliphatic heterocycles. The van der Waals surface area contributed by atoms with Crippen LogP contribution in [0.15, 0.2) is 243 Å². The van der Waals surface area contributed by atoms with Gasteiger partial charge in [-0.1, -0.05) is 243 Å². The average molecular weight is 955 g/mol. The van der Waals surface area contributed by atoms with Crippen LogP contribution in [-0.2, 0) is 16.5 Å². The third-order valence-corrected chi connectivity index (χ3v) is 20.5. The van der Waals surface area contributed by atoms with Gasteiger partial charge < -0.3 is 24.8 Å². The molecule has 0 amide bonds. The van der Waals surface area contributed by atoms with Crippen molar-refractivity contribution in [1.82, 2.24) is 0 Å². The molecule has 0 unspecified atom stereocenters. The molecule has 0 radical (unpaired) electrons. The molecule has 0 aliphatic rings. The van der Waals surface area contributed by atoms with Crippen LogP contribution in [0.2, 0.25) is 0 Å². The fraction of sp³-hybridized carbons (Fsp3) is 0.111. The van der Waals surface area contributed by atoms with E-state index in [9.17, 15) is 0 Å². The molecule has 0 spiro atoms. The van der Waals surface area contributed by atoms with E-state index in [1.165, 1.54) is 79.9 Å². The van der Waals surface area contributed by atoms with Crippen LogP contribution in [0.5, 0.6) is 0 Å². The Morgan fingerprint density at radius 1 is 0.197 bits per heavy atom. The molecule has 61 heavy (non-hydrogen) atoms. The summed E-state index contributed by atoms with van der Waals surface area (Å²) in [6.07, 6.45) is 7.43. The molecule has 0 aromatic heterocycles. The Morgan fingerprint density at radius 2 is 0.311 bits per heavy atom. The Labute approximate surface area is 392 Å². The average Bonchev–Trinajstić information content (AvgIpc) is 3.32. The van der Waals surface area contributed by atoms with Crippen LogP contribution in [0.1, 0.15) is 12.8 Å². The standard InChI is InChI=1S/2C27H26P2.2ClH.Ni/c2*1-5-14-24(15-6-1)28(25-16-7-2-8-17-25)22-13-23-29(26-18-9-3-10-19-26)27-20-11-4-12-21-27;;;/h2*1-12,14-21H,13,22-23H2;2*1H;/q;;;;+2/p-2. The molecule has 8 aromatic rings. The summed E-state index contributed by atoms with van der Waals surface area (Å²) in [6, 6.07) is 88.6. The molecular weight excluding hydrogens is 902 g/mol. The van der Waals surface area contributed by atoms with Gasteiger partial charge in [0.15, 0.2) is 0 Å². The number of benzene rings is 8. The fourth-order valence-corrected chi connectivity index (χ4v) is 17.2. The van der Waals surface area contributed by atoms with Crippen molar-refractivity contribution in [3.05, 3.63) is 243 Å². The topological polar surface area (TPSA) is 0 Å². The van der Waals surface area contributed by atoms with E-state index in [0.29, 0.717) is 0 Å². The third kappa shape index (κ3) is 15.4. The second-order valence-electron chi connectivity index (χ2n) is 14.0. The van der Waals surface area contributed by atoms with Crippen LogP contribution < -0.4 is 67.3 Å². The Morgan fingerprint density at radius 3 is 0.426 bits per heavy atom. The van der Waals surface area contributed by atoms with Gasteiger partial charge in [0.25, 0.3) is 0 Å². The maximum atomic E-state index is 2.30. The summed E-state index contributed by atoms with van der Waals surface area (Å²) in [5, 5.41) is 11.9. The van der Waals surface area contributed by atoms with Crippen molar-refractivity contribution < 1.29 is 41.3 Å². The summed E-state index contributed by atoms with van der Waals surface area (Å²) in [5.74, 6) is 0. The second kappa shape index (κ2) is 28.3. The van der Waals surface area contributed by atoms with Crippen molar-refractivity contribution in [1.29, 1.82) is 0 Å². The molecule has 8 aromatic carbocycles. The zero-order chi connectivity index (χ0) is 39.5. The summed E-state index contributed by atoms with van der Waals surface area (Å²) in [7, 11) is -1.24. The molecule has 0 N–H and O–H groups in total. The minimum atomic E-state index is -0.309. The predicted octanol–water partition coefficient (Wildman–Crippen LogP) is 5.29. The van der Waals surface area contributed by atoms with Gasteiger partial charge in [0, 0.05) is 0 Å². The van der Waals surface area contributed by atoms with Gasteiger partial charge in [0.1, 0.15) is 0 Å². The largest absolute Gasteiger partial charge is 2.00 e. The number of rotatable bonds is 16. The first kappa shape index (κ1) is 50.2. The van der Waals surface area contributed by atoms with Crippen LogP contribution in [-0.4, -0.2) is 24.6 Å². The summed E-state index contributed by atoms with van der Waals surface area (Å²) in [5.41, 5.74) is 0. The monoisotopic (exact) mass is 952 g/mol. The number of hydrogen-bond acceptors (Lipinski definition) is 0. The Kier molecular flexibility index (Phi) is 23.3. The number of halogens is 2. The molecule has 7 heteroatoms. The zero-order valence-electron chi connectivity index (χ0n) is 34.2. The van der Waals surface area contributed by atoms with E-state index in [1.807, 2.05) is 0 Å². The summed E-state index contributed by atoms with van der Waals surface area (Å²) in [6.45, 7) is 0. The molecule has 312 valence electrons. The van der Waals surface area contributed by atoms with Crippen molar-refractivity contribution in [2.45, 2.75) is 12.8 Å². The van der Waals surface area contributed by atoms with Gasteiger partial charge in [0.05, 0.1) is 0 Å². The SMILES string of the molecule is [Cl-].[Cl-].[Ni+2].c1ccc(P(CCCP(c2ccccc2)c2ccccc2)c2ccccc2)cc1.c1ccc(P(CCCP(c2ccccc2)c2ccccc2)c2ccccc2)cc1. The summed E-state index contributed by atoms with van der Waals surface area (Å²) >= 11 is 0.